The third-order valence-corrected chi connectivity index (χ3v) is 5.37. The molecule has 0 radical (unpaired) electrons. The maximum atomic E-state index is 12.9. The highest BCUT2D eigenvalue weighted by Gasteiger charge is 2.31. The van der Waals surface area contributed by atoms with Gasteiger partial charge in [0.1, 0.15) is 16.9 Å². The number of carbonyl (C=O) groups excluding carboxylic acids is 1. The number of aromatic amines is 2. The Hall–Kier alpha value is -3.26. The SMILES string of the molecule is Cc1ccc2c(-c3cnc4[nH]cc(C(=O)NC5(C)CCNC5)c4n3)n[nH]c2c1. The molecule has 4 aromatic rings. The van der Waals surface area contributed by atoms with Crippen molar-refractivity contribution in [2.75, 3.05) is 13.1 Å². The summed E-state index contributed by atoms with van der Waals surface area (Å²) >= 11 is 0. The standard InChI is InChI=1S/C20H21N7O/c1-11-3-4-12-14(7-11)26-27-16(12)15-9-23-18-17(24-15)13(8-22-18)19(28)25-20(2)5-6-21-10-20/h3-4,7-9,21H,5-6,10H2,1-2H3,(H,22,23)(H,25,28)(H,26,27). The van der Waals surface area contributed by atoms with Crippen LogP contribution in [0.1, 0.15) is 29.3 Å². The van der Waals surface area contributed by atoms with Gasteiger partial charge in [0.25, 0.3) is 5.91 Å². The van der Waals surface area contributed by atoms with Crippen molar-refractivity contribution >= 4 is 28.0 Å². The molecule has 1 saturated heterocycles. The van der Waals surface area contributed by atoms with Gasteiger partial charge in [-0.25, -0.2) is 9.97 Å². The largest absolute Gasteiger partial charge is 0.345 e. The number of H-pyrrole nitrogens is 2. The molecule has 1 aliphatic rings. The summed E-state index contributed by atoms with van der Waals surface area (Å²) in [5.41, 5.74) is 4.84. The van der Waals surface area contributed by atoms with E-state index in [1.54, 1.807) is 12.4 Å². The summed E-state index contributed by atoms with van der Waals surface area (Å²) in [5.74, 6) is -0.147. The quantitative estimate of drug-likeness (QED) is 0.439. The molecule has 8 heteroatoms. The van der Waals surface area contributed by atoms with Gasteiger partial charge >= 0.3 is 0 Å². The molecular weight excluding hydrogens is 354 g/mol. The Bertz CT molecular complexity index is 1200. The van der Waals surface area contributed by atoms with Crippen molar-refractivity contribution in [2.45, 2.75) is 25.8 Å². The Morgan fingerprint density at radius 1 is 1.32 bits per heavy atom. The van der Waals surface area contributed by atoms with Gasteiger partial charge in [0.15, 0.2) is 5.65 Å². The van der Waals surface area contributed by atoms with E-state index >= 15 is 0 Å². The first-order chi connectivity index (χ1) is 13.5. The summed E-state index contributed by atoms with van der Waals surface area (Å²) in [5, 5.41) is 14.9. The van der Waals surface area contributed by atoms with Crippen LogP contribution in [0.4, 0.5) is 0 Å². The Morgan fingerprint density at radius 2 is 2.21 bits per heavy atom. The monoisotopic (exact) mass is 375 g/mol. The summed E-state index contributed by atoms with van der Waals surface area (Å²) in [6.45, 7) is 5.75. The first-order valence-electron chi connectivity index (χ1n) is 9.35. The predicted molar refractivity (Wildman–Crippen MR) is 107 cm³/mol. The maximum absolute atomic E-state index is 12.9. The molecule has 1 amide bonds. The highest BCUT2D eigenvalue weighted by Crippen LogP contribution is 2.27. The minimum absolute atomic E-state index is 0.147. The molecule has 1 aromatic carbocycles. The fourth-order valence-corrected chi connectivity index (χ4v) is 3.77. The van der Waals surface area contributed by atoms with E-state index in [1.165, 1.54) is 0 Å². The molecule has 0 aliphatic carbocycles. The van der Waals surface area contributed by atoms with E-state index in [9.17, 15) is 4.79 Å². The number of hydrogen-bond acceptors (Lipinski definition) is 5. The molecule has 1 fully saturated rings. The Morgan fingerprint density at radius 3 is 3.04 bits per heavy atom. The van der Waals surface area contributed by atoms with Gasteiger partial charge in [-0.3, -0.25) is 9.89 Å². The number of nitrogens with one attached hydrogen (secondary N) is 4. The highest BCUT2D eigenvalue weighted by molar-refractivity contribution is 6.05. The van der Waals surface area contributed by atoms with Crippen molar-refractivity contribution in [3.05, 3.63) is 41.7 Å². The third kappa shape index (κ3) is 2.73. The molecule has 0 saturated carbocycles. The van der Waals surface area contributed by atoms with Crippen molar-refractivity contribution in [1.82, 2.24) is 35.8 Å². The second-order valence-electron chi connectivity index (χ2n) is 7.72. The maximum Gasteiger partial charge on any atom is 0.255 e. The van der Waals surface area contributed by atoms with Crippen LogP contribution < -0.4 is 10.6 Å². The number of carbonyl (C=O) groups is 1. The average molecular weight is 375 g/mol. The van der Waals surface area contributed by atoms with Crippen molar-refractivity contribution in [3.63, 3.8) is 0 Å². The number of benzene rings is 1. The van der Waals surface area contributed by atoms with Crippen LogP contribution in [-0.4, -0.2) is 49.7 Å². The zero-order valence-corrected chi connectivity index (χ0v) is 15.8. The minimum Gasteiger partial charge on any atom is -0.345 e. The first-order valence-corrected chi connectivity index (χ1v) is 9.35. The molecule has 4 heterocycles. The second kappa shape index (κ2) is 6.13. The van der Waals surface area contributed by atoms with Gasteiger partial charge in [-0.1, -0.05) is 12.1 Å². The van der Waals surface area contributed by atoms with E-state index in [1.807, 2.05) is 25.1 Å². The molecule has 3 aromatic heterocycles. The van der Waals surface area contributed by atoms with Crippen LogP contribution in [0.2, 0.25) is 0 Å². The van der Waals surface area contributed by atoms with Crippen molar-refractivity contribution in [3.8, 4) is 11.4 Å². The summed E-state index contributed by atoms with van der Waals surface area (Å²) in [6, 6.07) is 6.11. The molecule has 1 aliphatic heterocycles. The van der Waals surface area contributed by atoms with Crippen LogP contribution in [0.3, 0.4) is 0 Å². The fraction of sp³-hybridized carbons (Fsp3) is 0.300. The number of aryl methyl sites for hydroxylation is 1. The van der Waals surface area contributed by atoms with E-state index < -0.39 is 0 Å². The lowest BCUT2D eigenvalue weighted by atomic mass is 10.0. The summed E-state index contributed by atoms with van der Waals surface area (Å²) in [4.78, 5) is 25.1. The molecule has 0 bridgehead atoms. The third-order valence-electron chi connectivity index (χ3n) is 5.37. The van der Waals surface area contributed by atoms with Crippen LogP contribution in [0.25, 0.3) is 33.5 Å². The van der Waals surface area contributed by atoms with E-state index in [-0.39, 0.29) is 11.4 Å². The summed E-state index contributed by atoms with van der Waals surface area (Å²) in [6.07, 6.45) is 4.25. The zero-order chi connectivity index (χ0) is 19.3. The zero-order valence-electron chi connectivity index (χ0n) is 15.8. The number of rotatable bonds is 3. The minimum atomic E-state index is -0.248. The van der Waals surface area contributed by atoms with Crippen LogP contribution in [0.5, 0.6) is 0 Å². The predicted octanol–water partition coefficient (Wildman–Crippen LogP) is 2.29. The topological polar surface area (TPSA) is 111 Å². The average Bonchev–Trinajstić information content (AvgIpc) is 3.38. The molecule has 4 N–H and O–H groups in total. The lowest BCUT2D eigenvalue weighted by Gasteiger charge is -2.24. The van der Waals surface area contributed by atoms with E-state index in [0.29, 0.717) is 22.4 Å². The molecular formula is C20H21N7O. The van der Waals surface area contributed by atoms with Gasteiger partial charge in [-0.05, 0) is 38.4 Å². The van der Waals surface area contributed by atoms with Gasteiger partial charge in [0, 0.05) is 18.1 Å². The van der Waals surface area contributed by atoms with Gasteiger partial charge in [-0.2, -0.15) is 5.10 Å². The molecule has 1 atom stereocenters. The van der Waals surface area contributed by atoms with E-state index in [2.05, 4.69) is 37.7 Å². The van der Waals surface area contributed by atoms with Crippen LogP contribution in [0, 0.1) is 6.92 Å². The van der Waals surface area contributed by atoms with E-state index in [0.717, 1.165) is 41.7 Å². The number of aromatic nitrogens is 5. The van der Waals surface area contributed by atoms with Crippen molar-refractivity contribution < 1.29 is 4.79 Å². The molecule has 0 spiro atoms. The van der Waals surface area contributed by atoms with E-state index in [4.69, 9.17) is 4.98 Å². The highest BCUT2D eigenvalue weighted by atomic mass is 16.1. The van der Waals surface area contributed by atoms with Crippen molar-refractivity contribution in [1.29, 1.82) is 0 Å². The van der Waals surface area contributed by atoms with Gasteiger partial charge < -0.3 is 15.6 Å². The van der Waals surface area contributed by atoms with Crippen molar-refractivity contribution in [2.24, 2.45) is 0 Å². The van der Waals surface area contributed by atoms with Gasteiger partial charge in [-0.15, -0.1) is 0 Å². The molecule has 142 valence electrons. The molecule has 8 nitrogen and oxygen atoms in total. The van der Waals surface area contributed by atoms with Crippen LogP contribution >= 0.6 is 0 Å². The molecule has 5 rings (SSSR count). The Labute approximate surface area is 161 Å². The molecule has 28 heavy (non-hydrogen) atoms. The number of amides is 1. The summed E-state index contributed by atoms with van der Waals surface area (Å²) < 4.78 is 0. The molecule has 1 unspecified atom stereocenters. The number of hydrogen-bond donors (Lipinski definition) is 4. The number of nitrogens with zero attached hydrogens (tertiary/aromatic N) is 3. The number of fused-ring (bicyclic) bond motifs is 2. The lowest BCUT2D eigenvalue weighted by molar-refractivity contribution is 0.0914. The Balaban J connectivity index is 1.55. The normalized spacial score (nSPS) is 19.5. The Kier molecular flexibility index (Phi) is 3.70. The second-order valence-corrected chi connectivity index (χ2v) is 7.72. The smallest absolute Gasteiger partial charge is 0.255 e. The first kappa shape index (κ1) is 16.9. The lowest BCUT2D eigenvalue weighted by Crippen LogP contribution is -2.47. The van der Waals surface area contributed by atoms with Gasteiger partial charge in [0.2, 0.25) is 0 Å². The summed E-state index contributed by atoms with van der Waals surface area (Å²) in [7, 11) is 0. The van der Waals surface area contributed by atoms with Crippen LogP contribution in [-0.2, 0) is 0 Å². The van der Waals surface area contributed by atoms with Gasteiger partial charge in [0.05, 0.1) is 22.8 Å². The van der Waals surface area contributed by atoms with Crippen LogP contribution in [0.15, 0.2) is 30.6 Å². The fourth-order valence-electron chi connectivity index (χ4n) is 3.77.